The number of hydrogen-bond acceptors (Lipinski definition) is 8. The van der Waals surface area contributed by atoms with Crippen molar-refractivity contribution in [2.45, 2.75) is 17.7 Å². The van der Waals surface area contributed by atoms with E-state index in [1.165, 1.54) is 12.1 Å². The number of nitrogens with two attached hydrogens (primary N) is 1. The third kappa shape index (κ3) is 4.15. The van der Waals surface area contributed by atoms with E-state index in [9.17, 15) is 22.4 Å². The highest BCUT2D eigenvalue weighted by Gasteiger charge is 2.56. The Hall–Kier alpha value is -3.48. The number of ether oxygens (including phenoxy) is 3. The zero-order valence-corrected chi connectivity index (χ0v) is 17.0. The quantitative estimate of drug-likeness (QED) is 0.596. The summed E-state index contributed by atoms with van der Waals surface area (Å²) in [5.41, 5.74) is 3.65. The van der Waals surface area contributed by atoms with E-state index >= 15 is 0 Å². The molecule has 2 aliphatic heterocycles. The van der Waals surface area contributed by atoms with Gasteiger partial charge in [-0.05, 0) is 18.2 Å². The molecule has 1 aromatic heterocycles. The molecule has 0 spiro atoms. The van der Waals surface area contributed by atoms with E-state index in [2.05, 4.69) is 25.0 Å². The zero-order chi connectivity index (χ0) is 23.6. The molecule has 0 saturated carbocycles. The minimum Gasteiger partial charge on any atom is -0.459 e. The van der Waals surface area contributed by atoms with Crippen molar-refractivity contribution in [3.8, 4) is 5.88 Å². The summed E-state index contributed by atoms with van der Waals surface area (Å²) < 4.78 is 70.2. The van der Waals surface area contributed by atoms with Gasteiger partial charge in [-0.3, -0.25) is 4.79 Å². The lowest BCUT2D eigenvalue weighted by Gasteiger charge is -2.40. The summed E-state index contributed by atoms with van der Waals surface area (Å²) in [6.07, 6.45) is 0.170. The lowest BCUT2D eigenvalue weighted by atomic mass is 9.75. The highest BCUT2D eigenvalue weighted by atomic mass is 19.1. The molecule has 2 aromatic rings. The molecule has 176 valence electrons. The van der Waals surface area contributed by atoms with Crippen LogP contribution in [0.25, 0.3) is 0 Å². The number of carbonyl (C=O) groups excluding carboxylic acids is 1. The fourth-order valence-corrected chi connectivity index (χ4v) is 3.98. The van der Waals surface area contributed by atoms with Crippen LogP contribution in [0.1, 0.15) is 16.1 Å². The van der Waals surface area contributed by atoms with Gasteiger partial charge in [0.25, 0.3) is 11.9 Å². The van der Waals surface area contributed by atoms with E-state index in [1.807, 2.05) is 0 Å². The van der Waals surface area contributed by atoms with Gasteiger partial charge in [0.2, 0.25) is 12.7 Å². The number of amidine groups is 1. The molecule has 13 heteroatoms. The standard InChI is InChI=1S/C20H19F4N5O4/c21-4-15-17-12(7-31-15)20(8-22,29-19(25)33-17)11-3-10(1-2-13(11)24)28-18(30)14-5-27-16(6-26-14)32-9-23/h1-3,5-6,12,15,17H,4,7-9H2,(H2,25,29)(H,28,30)/t12-,15-,17-,20+/m0/s1. The minimum absolute atomic E-state index is 0.105. The predicted octanol–water partition coefficient (Wildman–Crippen LogP) is 2.04. The average Bonchev–Trinajstić information content (AvgIpc) is 3.23. The van der Waals surface area contributed by atoms with E-state index in [4.69, 9.17) is 15.2 Å². The van der Waals surface area contributed by atoms with Gasteiger partial charge < -0.3 is 25.3 Å². The van der Waals surface area contributed by atoms with Crippen molar-refractivity contribution in [1.82, 2.24) is 9.97 Å². The zero-order valence-electron chi connectivity index (χ0n) is 17.0. The van der Waals surface area contributed by atoms with Gasteiger partial charge in [0, 0.05) is 11.3 Å². The number of carbonyl (C=O) groups is 1. The molecule has 1 fully saturated rings. The van der Waals surface area contributed by atoms with E-state index in [0.717, 1.165) is 18.5 Å². The van der Waals surface area contributed by atoms with Crippen molar-refractivity contribution < 1.29 is 36.6 Å². The molecule has 0 unspecified atom stereocenters. The molecule has 33 heavy (non-hydrogen) atoms. The van der Waals surface area contributed by atoms with Crippen LogP contribution in [0.5, 0.6) is 5.88 Å². The summed E-state index contributed by atoms with van der Waals surface area (Å²) in [7, 11) is 0. The number of benzene rings is 1. The molecule has 9 nitrogen and oxygen atoms in total. The highest BCUT2D eigenvalue weighted by molar-refractivity contribution is 6.02. The monoisotopic (exact) mass is 469 g/mol. The van der Waals surface area contributed by atoms with Crippen LogP contribution in [0.2, 0.25) is 0 Å². The second-order valence-electron chi connectivity index (χ2n) is 7.37. The molecular formula is C20H19F4N5O4. The molecule has 1 aromatic carbocycles. The smallest absolute Gasteiger partial charge is 0.283 e. The van der Waals surface area contributed by atoms with Crippen LogP contribution in [-0.4, -0.2) is 60.9 Å². The molecule has 1 saturated heterocycles. The summed E-state index contributed by atoms with van der Waals surface area (Å²) in [4.78, 5) is 24.1. The first kappa shape index (κ1) is 22.7. The lowest BCUT2D eigenvalue weighted by Crippen LogP contribution is -2.52. The van der Waals surface area contributed by atoms with Crippen LogP contribution >= 0.6 is 0 Å². The van der Waals surface area contributed by atoms with E-state index in [-0.39, 0.29) is 29.4 Å². The lowest BCUT2D eigenvalue weighted by molar-refractivity contribution is 0.0133. The molecule has 0 radical (unpaired) electrons. The Morgan fingerprint density at radius 1 is 1.27 bits per heavy atom. The van der Waals surface area contributed by atoms with Gasteiger partial charge in [-0.1, -0.05) is 0 Å². The van der Waals surface area contributed by atoms with Crippen LogP contribution in [0.3, 0.4) is 0 Å². The Labute approximate surface area is 185 Å². The maximum absolute atomic E-state index is 14.9. The van der Waals surface area contributed by atoms with Gasteiger partial charge >= 0.3 is 0 Å². The molecule has 4 atom stereocenters. The molecule has 0 aliphatic carbocycles. The number of alkyl halides is 3. The van der Waals surface area contributed by atoms with Crippen LogP contribution < -0.4 is 15.8 Å². The van der Waals surface area contributed by atoms with Crippen molar-refractivity contribution in [3.05, 3.63) is 47.7 Å². The summed E-state index contributed by atoms with van der Waals surface area (Å²) in [6, 6.07) is 3.08. The number of hydrogen-bond donors (Lipinski definition) is 2. The minimum atomic E-state index is -1.84. The molecule has 4 rings (SSSR count). The van der Waals surface area contributed by atoms with E-state index < -0.39 is 61.6 Å². The summed E-state index contributed by atoms with van der Waals surface area (Å²) in [5.74, 6) is -2.49. The summed E-state index contributed by atoms with van der Waals surface area (Å²) in [5, 5.41) is 2.50. The fourth-order valence-electron chi connectivity index (χ4n) is 3.98. The number of anilines is 1. The van der Waals surface area contributed by atoms with Gasteiger partial charge in [0.15, 0.2) is 0 Å². The van der Waals surface area contributed by atoms with Crippen LogP contribution in [0.15, 0.2) is 35.6 Å². The topological polar surface area (TPSA) is 121 Å². The van der Waals surface area contributed by atoms with Gasteiger partial charge in [-0.2, -0.15) is 0 Å². The molecule has 1 amide bonds. The Bertz CT molecular complexity index is 1060. The predicted molar refractivity (Wildman–Crippen MR) is 106 cm³/mol. The molecule has 2 aliphatic rings. The first-order valence-corrected chi connectivity index (χ1v) is 9.79. The number of nitrogens with one attached hydrogen (secondary N) is 1. The van der Waals surface area contributed by atoms with Gasteiger partial charge in [-0.25, -0.2) is 32.5 Å². The number of halogens is 4. The SMILES string of the molecule is NC1=N[C@](CF)(c2cc(NC(=O)c3cnc(OCF)cn3)ccc2F)[C@H]2CO[C@@H](CF)[C@H]2O1. The highest BCUT2D eigenvalue weighted by Crippen LogP contribution is 2.46. The maximum Gasteiger partial charge on any atom is 0.283 e. The summed E-state index contributed by atoms with van der Waals surface area (Å²) >= 11 is 0. The second-order valence-corrected chi connectivity index (χ2v) is 7.37. The Kier molecular flexibility index (Phi) is 6.31. The fraction of sp³-hybridized carbons (Fsp3) is 0.400. The second kappa shape index (κ2) is 9.17. The number of rotatable bonds is 7. The summed E-state index contributed by atoms with van der Waals surface area (Å²) in [6.45, 7) is -3.30. The van der Waals surface area contributed by atoms with E-state index in [1.54, 1.807) is 0 Å². The Balaban J connectivity index is 1.65. The first-order valence-electron chi connectivity index (χ1n) is 9.79. The van der Waals surface area contributed by atoms with Gasteiger partial charge in [-0.15, -0.1) is 0 Å². The van der Waals surface area contributed by atoms with Gasteiger partial charge in [0.05, 0.1) is 24.9 Å². The van der Waals surface area contributed by atoms with E-state index in [0.29, 0.717) is 0 Å². The van der Waals surface area contributed by atoms with Crippen LogP contribution in [-0.2, 0) is 15.0 Å². The molecular weight excluding hydrogens is 450 g/mol. The number of amides is 1. The largest absolute Gasteiger partial charge is 0.459 e. The Morgan fingerprint density at radius 3 is 2.76 bits per heavy atom. The number of fused-ring (bicyclic) bond motifs is 1. The third-order valence-electron chi connectivity index (χ3n) is 5.54. The molecule has 3 heterocycles. The average molecular weight is 469 g/mol. The van der Waals surface area contributed by atoms with Crippen molar-refractivity contribution in [2.24, 2.45) is 16.6 Å². The Morgan fingerprint density at radius 2 is 2.09 bits per heavy atom. The molecule has 3 N–H and O–H groups in total. The number of aromatic nitrogens is 2. The van der Waals surface area contributed by atoms with Crippen LogP contribution in [0.4, 0.5) is 23.2 Å². The third-order valence-corrected chi connectivity index (χ3v) is 5.54. The maximum atomic E-state index is 14.9. The van der Waals surface area contributed by atoms with Crippen LogP contribution in [0, 0.1) is 11.7 Å². The number of nitrogens with zero attached hydrogens (tertiary/aromatic N) is 3. The van der Waals surface area contributed by atoms with Crippen molar-refractivity contribution in [1.29, 1.82) is 0 Å². The van der Waals surface area contributed by atoms with Crippen molar-refractivity contribution in [3.63, 3.8) is 0 Å². The normalized spacial score (nSPS) is 26.2. The van der Waals surface area contributed by atoms with Gasteiger partial charge in [0.1, 0.15) is 42.6 Å². The number of aliphatic imine (C=N–C) groups is 1. The molecule has 0 bridgehead atoms. The van der Waals surface area contributed by atoms with Crippen molar-refractivity contribution >= 4 is 17.6 Å². The van der Waals surface area contributed by atoms with Crippen molar-refractivity contribution in [2.75, 3.05) is 32.1 Å². The first-order chi connectivity index (χ1) is 15.9.